The van der Waals surface area contributed by atoms with Crippen molar-refractivity contribution < 1.29 is 19.1 Å². The normalized spacial score (nSPS) is 14.4. The second kappa shape index (κ2) is 9.19. The molecule has 27 heavy (non-hydrogen) atoms. The Kier molecular flexibility index (Phi) is 6.44. The Labute approximate surface area is 158 Å². The second-order valence-corrected chi connectivity index (χ2v) is 6.49. The van der Waals surface area contributed by atoms with Gasteiger partial charge in [-0.25, -0.2) is 4.79 Å². The highest BCUT2D eigenvalue weighted by molar-refractivity contribution is 6.04. The Morgan fingerprint density at radius 1 is 1.04 bits per heavy atom. The van der Waals surface area contributed by atoms with Crippen LogP contribution in [-0.4, -0.2) is 38.7 Å². The van der Waals surface area contributed by atoms with Gasteiger partial charge in [-0.3, -0.25) is 4.79 Å². The molecule has 1 fully saturated rings. The van der Waals surface area contributed by atoms with Crippen LogP contribution in [0.3, 0.4) is 0 Å². The van der Waals surface area contributed by atoms with E-state index in [1.807, 2.05) is 12.1 Å². The van der Waals surface area contributed by atoms with Crippen LogP contribution in [0.15, 0.2) is 48.5 Å². The van der Waals surface area contributed by atoms with Crippen molar-refractivity contribution in [3.63, 3.8) is 0 Å². The molecule has 6 nitrogen and oxygen atoms in total. The maximum absolute atomic E-state index is 12.4. The zero-order valence-corrected chi connectivity index (χ0v) is 15.4. The molecule has 0 atom stereocenters. The molecule has 2 N–H and O–H groups in total. The van der Waals surface area contributed by atoms with Crippen molar-refractivity contribution in [2.24, 2.45) is 0 Å². The van der Waals surface area contributed by atoms with Crippen molar-refractivity contribution in [1.29, 1.82) is 0 Å². The Balaban J connectivity index is 1.55. The van der Waals surface area contributed by atoms with Gasteiger partial charge < -0.3 is 20.1 Å². The number of anilines is 1. The quantitative estimate of drug-likeness (QED) is 0.767. The lowest BCUT2D eigenvalue weighted by molar-refractivity contribution is -0.142. The molecule has 0 unspecified atom stereocenters. The summed E-state index contributed by atoms with van der Waals surface area (Å²) in [6, 6.07) is 14.7. The van der Waals surface area contributed by atoms with Crippen LogP contribution in [0, 0.1) is 0 Å². The first-order chi connectivity index (χ1) is 13.2. The van der Waals surface area contributed by atoms with E-state index in [0.29, 0.717) is 17.2 Å². The number of piperidine rings is 1. The molecule has 0 aromatic heterocycles. The molecule has 2 aromatic carbocycles. The summed E-state index contributed by atoms with van der Waals surface area (Å²) in [6.07, 6.45) is 2.30. The van der Waals surface area contributed by atoms with E-state index < -0.39 is 5.97 Å². The first-order valence-corrected chi connectivity index (χ1v) is 9.07. The molecular weight excluding hydrogens is 344 g/mol. The van der Waals surface area contributed by atoms with Crippen molar-refractivity contribution >= 4 is 17.6 Å². The number of amides is 1. The molecule has 142 valence electrons. The van der Waals surface area contributed by atoms with Gasteiger partial charge in [0.25, 0.3) is 5.91 Å². The standard InChI is InChI=1S/C21H24N2O4/c1-26-20(24)14-27-19-8-4-17(5-9-19)21(25)23-18-6-2-15(3-7-18)16-10-12-22-13-11-16/h2-9,16,22H,10-14H2,1H3,(H,23,25). The number of carbonyl (C=O) groups excluding carboxylic acids is 2. The lowest BCUT2D eigenvalue weighted by Crippen LogP contribution is -2.26. The Bertz CT molecular complexity index is 766. The average Bonchev–Trinajstić information content (AvgIpc) is 2.73. The monoisotopic (exact) mass is 368 g/mol. The van der Waals surface area contributed by atoms with Crippen molar-refractivity contribution in [2.45, 2.75) is 18.8 Å². The summed E-state index contributed by atoms with van der Waals surface area (Å²) in [4.78, 5) is 23.5. The van der Waals surface area contributed by atoms with Crippen LogP contribution in [0.4, 0.5) is 5.69 Å². The summed E-state index contributed by atoms with van der Waals surface area (Å²) in [6.45, 7) is 1.95. The summed E-state index contributed by atoms with van der Waals surface area (Å²) in [5.74, 6) is 0.450. The maximum Gasteiger partial charge on any atom is 0.343 e. The largest absolute Gasteiger partial charge is 0.482 e. The number of nitrogens with one attached hydrogen (secondary N) is 2. The smallest absolute Gasteiger partial charge is 0.343 e. The topological polar surface area (TPSA) is 76.7 Å². The molecule has 1 saturated heterocycles. The predicted octanol–water partition coefficient (Wildman–Crippen LogP) is 2.96. The second-order valence-electron chi connectivity index (χ2n) is 6.49. The highest BCUT2D eigenvalue weighted by Crippen LogP contribution is 2.26. The highest BCUT2D eigenvalue weighted by atomic mass is 16.6. The van der Waals surface area contributed by atoms with E-state index in [9.17, 15) is 9.59 Å². The molecule has 2 aromatic rings. The lowest BCUT2D eigenvalue weighted by atomic mass is 9.90. The fourth-order valence-corrected chi connectivity index (χ4v) is 3.10. The van der Waals surface area contributed by atoms with Gasteiger partial charge in [-0.05, 0) is 73.8 Å². The minimum absolute atomic E-state index is 0.161. The first kappa shape index (κ1) is 18.9. The zero-order valence-electron chi connectivity index (χ0n) is 15.4. The van der Waals surface area contributed by atoms with E-state index in [1.165, 1.54) is 12.7 Å². The number of rotatable bonds is 6. The summed E-state index contributed by atoms with van der Waals surface area (Å²) in [5.41, 5.74) is 2.60. The van der Waals surface area contributed by atoms with Gasteiger partial charge in [0.2, 0.25) is 0 Å². The summed E-state index contributed by atoms with van der Waals surface area (Å²) in [5, 5.41) is 6.27. The van der Waals surface area contributed by atoms with Gasteiger partial charge >= 0.3 is 5.97 Å². The number of methoxy groups -OCH3 is 1. The molecule has 0 saturated carbocycles. The van der Waals surface area contributed by atoms with E-state index in [0.717, 1.165) is 31.6 Å². The van der Waals surface area contributed by atoms with Crippen LogP contribution in [0.2, 0.25) is 0 Å². The summed E-state index contributed by atoms with van der Waals surface area (Å²) in [7, 11) is 1.30. The number of ether oxygens (including phenoxy) is 2. The van der Waals surface area contributed by atoms with Crippen molar-refractivity contribution in [3.05, 3.63) is 59.7 Å². The lowest BCUT2D eigenvalue weighted by Gasteiger charge is -2.23. The van der Waals surface area contributed by atoms with Crippen LogP contribution in [0.5, 0.6) is 5.75 Å². The molecule has 0 aliphatic carbocycles. The van der Waals surface area contributed by atoms with Gasteiger partial charge in [-0.2, -0.15) is 0 Å². The summed E-state index contributed by atoms with van der Waals surface area (Å²) >= 11 is 0. The number of carbonyl (C=O) groups is 2. The molecule has 0 radical (unpaired) electrons. The SMILES string of the molecule is COC(=O)COc1ccc(C(=O)Nc2ccc(C3CCNCC3)cc2)cc1. The molecular formula is C21H24N2O4. The van der Waals surface area contributed by atoms with E-state index in [-0.39, 0.29) is 12.5 Å². The third kappa shape index (κ3) is 5.31. The van der Waals surface area contributed by atoms with Crippen LogP contribution in [-0.2, 0) is 9.53 Å². The molecule has 0 bridgehead atoms. The minimum atomic E-state index is -0.454. The number of benzene rings is 2. The molecule has 1 amide bonds. The molecule has 1 aliphatic heterocycles. The van der Waals surface area contributed by atoms with Crippen molar-refractivity contribution in [1.82, 2.24) is 5.32 Å². The Morgan fingerprint density at radius 2 is 1.70 bits per heavy atom. The first-order valence-electron chi connectivity index (χ1n) is 9.07. The summed E-state index contributed by atoms with van der Waals surface area (Å²) < 4.78 is 9.79. The third-order valence-electron chi connectivity index (χ3n) is 4.68. The van der Waals surface area contributed by atoms with Gasteiger partial charge in [0.1, 0.15) is 5.75 Å². The number of hydrogen-bond donors (Lipinski definition) is 2. The van der Waals surface area contributed by atoms with E-state index in [2.05, 4.69) is 27.5 Å². The van der Waals surface area contributed by atoms with Crippen LogP contribution in [0.25, 0.3) is 0 Å². The van der Waals surface area contributed by atoms with Gasteiger partial charge in [0.05, 0.1) is 7.11 Å². The molecule has 0 spiro atoms. The van der Waals surface area contributed by atoms with Crippen molar-refractivity contribution in [2.75, 3.05) is 32.1 Å². The fraction of sp³-hybridized carbons (Fsp3) is 0.333. The minimum Gasteiger partial charge on any atom is -0.482 e. The maximum atomic E-state index is 12.4. The van der Waals surface area contributed by atoms with Crippen molar-refractivity contribution in [3.8, 4) is 5.75 Å². The Morgan fingerprint density at radius 3 is 2.33 bits per heavy atom. The average molecular weight is 368 g/mol. The van der Waals surface area contributed by atoms with Gasteiger partial charge in [-0.15, -0.1) is 0 Å². The van der Waals surface area contributed by atoms with Gasteiger partial charge in [-0.1, -0.05) is 12.1 Å². The van der Waals surface area contributed by atoms with Gasteiger partial charge in [0.15, 0.2) is 6.61 Å². The fourth-order valence-electron chi connectivity index (χ4n) is 3.10. The predicted molar refractivity (Wildman–Crippen MR) is 103 cm³/mol. The molecule has 3 rings (SSSR count). The molecule has 6 heteroatoms. The van der Waals surface area contributed by atoms with E-state index >= 15 is 0 Å². The van der Waals surface area contributed by atoms with Crippen LogP contribution >= 0.6 is 0 Å². The van der Waals surface area contributed by atoms with Gasteiger partial charge in [0, 0.05) is 11.3 Å². The zero-order chi connectivity index (χ0) is 19.1. The molecule has 1 heterocycles. The van der Waals surface area contributed by atoms with E-state index in [4.69, 9.17) is 4.74 Å². The van der Waals surface area contributed by atoms with E-state index in [1.54, 1.807) is 24.3 Å². The van der Waals surface area contributed by atoms with Crippen LogP contribution < -0.4 is 15.4 Å². The third-order valence-corrected chi connectivity index (χ3v) is 4.68. The number of hydrogen-bond acceptors (Lipinski definition) is 5. The highest BCUT2D eigenvalue weighted by Gasteiger charge is 2.15. The Hall–Kier alpha value is -2.86. The van der Waals surface area contributed by atoms with Crippen LogP contribution in [0.1, 0.15) is 34.7 Å². The molecule has 1 aliphatic rings. The number of esters is 1.